The van der Waals surface area contributed by atoms with Gasteiger partial charge >= 0.3 is 22.3 Å². The van der Waals surface area contributed by atoms with Gasteiger partial charge in [-0.05, 0) is 0 Å². The van der Waals surface area contributed by atoms with Crippen LogP contribution in [0.4, 0.5) is 9.59 Å². The van der Waals surface area contributed by atoms with E-state index >= 15 is 0 Å². The van der Waals surface area contributed by atoms with E-state index in [0.717, 1.165) is 14.2 Å². The Hall–Kier alpha value is -1.84. The molecule has 0 spiro atoms. The van der Waals surface area contributed by atoms with Crippen LogP contribution in [0.1, 0.15) is 0 Å². The van der Waals surface area contributed by atoms with E-state index in [1.807, 2.05) is 0 Å². The number of ether oxygens (including phenoxy) is 1. The zero-order valence-electron chi connectivity index (χ0n) is 7.87. The number of nitrogens with zero attached hydrogens (tertiary/aromatic N) is 3. The number of aliphatic imine (C=N–C) groups is 1. The number of hydrogen-bond acceptors (Lipinski definition) is 6. The molecule has 9 nitrogen and oxygen atoms in total. The van der Waals surface area contributed by atoms with Crippen molar-refractivity contribution in [2.24, 2.45) is 10.7 Å². The van der Waals surface area contributed by atoms with Gasteiger partial charge in [0.25, 0.3) is 0 Å². The van der Waals surface area contributed by atoms with E-state index in [4.69, 9.17) is 5.73 Å². The first kappa shape index (κ1) is 11.2. The average molecular weight is 236 g/mol. The van der Waals surface area contributed by atoms with E-state index in [1.54, 1.807) is 0 Å². The molecule has 15 heavy (non-hydrogen) atoms. The van der Waals surface area contributed by atoms with Crippen LogP contribution < -0.4 is 5.73 Å². The molecule has 0 aliphatic carbocycles. The third-order valence-electron chi connectivity index (χ3n) is 1.60. The number of rotatable bonds is 0. The number of methoxy groups -OCH3 is 1. The maximum atomic E-state index is 11.5. The monoisotopic (exact) mass is 236 g/mol. The molecule has 0 atom stereocenters. The molecule has 0 unspecified atom stereocenters. The lowest BCUT2D eigenvalue weighted by Gasteiger charge is -2.27. The van der Waals surface area contributed by atoms with Gasteiger partial charge in [0, 0.05) is 7.05 Å². The van der Waals surface area contributed by atoms with Crippen molar-refractivity contribution < 1.29 is 22.7 Å². The Morgan fingerprint density at radius 1 is 1.53 bits per heavy atom. The molecule has 1 aliphatic rings. The van der Waals surface area contributed by atoms with E-state index in [9.17, 15) is 18.0 Å². The zero-order valence-corrected chi connectivity index (χ0v) is 8.68. The Bertz CT molecular complexity index is 440. The first-order chi connectivity index (χ1) is 6.82. The minimum absolute atomic E-state index is 0.0917. The maximum absolute atomic E-state index is 11.5. The molecule has 0 saturated carbocycles. The van der Waals surface area contributed by atoms with Crippen LogP contribution >= 0.6 is 0 Å². The molecule has 0 radical (unpaired) electrons. The number of hydrogen-bond donors (Lipinski definition) is 1. The van der Waals surface area contributed by atoms with Crippen molar-refractivity contribution in [2.45, 2.75) is 0 Å². The van der Waals surface area contributed by atoms with E-state index in [0.29, 0.717) is 0 Å². The standard InChI is InChI=1S/C5H8N4O5S/c1-8-4(10)7-3(6)9(5(11)14-2)15(8,12)13/h1-2H3,(H2,6,7,10). The summed E-state index contributed by atoms with van der Waals surface area (Å²) < 4.78 is 27.6. The van der Waals surface area contributed by atoms with Crippen LogP contribution in [0.5, 0.6) is 0 Å². The van der Waals surface area contributed by atoms with Gasteiger partial charge in [0.1, 0.15) is 0 Å². The smallest absolute Gasteiger partial charge is 0.432 e. The second-order valence-electron chi connectivity index (χ2n) is 2.46. The summed E-state index contributed by atoms with van der Waals surface area (Å²) in [6.07, 6.45) is -1.24. The second-order valence-corrected chi connectivity index (χ2v) is 4.27. The lowest BCUT2D eigenvalue weighted by Crippen LogP contribution is -2.56. The third kappa shape index (κ3) is 1.58. The average Bonchev–Trinajstić information content (AvgIpc) is 2.14. The summed E-state index contributed by atoms with van der Waals surface area (Å²) in [6, 6.07) is -1.08. The van der Waals surface area contributed by atoms with Gasteiger partial charge < -0.3 is 10.5 Å². The van der Waals surface area contributed by atoms with Gasteiger partial charge in [0.15, 0.2) is 0 Å². The van der Waals surface area contributed by atoms with Gasteiger partial charge in [-0.15, -0.1) is 4.31 Å². The largest absolute Gasteiger partial charge is 0.452 e. The highest BCUT2D eigenvalue weighted by atomic mass is 32.2. The van der Waals surface area contributed by atoms with Gasteiger partial charge in [-0.1, -0.05) is 0 Å². The molecule has 0 saturated heterocycles. The first-order valence-electron chi connectivity index (χ1n) is 3.57. The van der Waals surface area contributed by atoms with Crippen molar-refractivity contribution in [1.82, 2.24) is 8.61 Å². The Kier molecular flexibility index (Phi) is 2.53. The van der Waals surface area contributed by atoms with E-state index in [-0.39, 0.29) is 8.61 Å². The van der Waals surface area contributed by atoms with Crippen molar-refractivity contribution in [3.8, 4) is 0 Å². The molecule has 3 amide bonds. The van der Waals surface area contributed by atoms with Crippen LogP contribution in [0.3, 0.4) is 0 Å². The molecule has 0 aromatic rings. The molecular formula is C5H8N4O5S. The van der Waals surface area contributed by atoms with Crippen molar-refractivity contribution in [3.05, 3.63) is 0 Å². The van der Waals surface area contributed by atoms with Gasteiger partial charge in [0.2, 0.25) is 5.96 Å². The van der Waals surface area contributed by atoms with Gasteiger partial charge in [0.05, 0.1) is 7.11 Å². The van der Waals surface area contributed by atoms with E-state index in [1.165, 1.54) is 0 Å². The predicted octanol–water partition coefficient (Wildman–Crippen LogP) is -1.32. The number of carbonyl (C=O) groups is 2. The fraction of sp³-hybridized carbons (Fsp3) is 0.400. The highest BCUT2D eigenvalue weighted by Crippen LogP contribution is 2.14. The Morgan fingerprint density at radius 2 is 2.07 bits per heavy atom. The highest BCUT2D eigenvalue weighted by molar-refractivity contribution is 7.88. The van der Waals surface area contributed by atoms with Crippen LogP contribution in [-0.2, 0) is 14.9 Å². The fourth-order valence-corrected chi connectivity index (χ4v) is 1.85. The molecule has 1 aliphatic heterocycles. The molecule has 0 bridgehead atoms. The summed E-state index contributed by atoms with van der Waals surface area (Å²) in [4.78, 5) is 25.2. The lowest BCUT2D eigenvalue weighted by atomic mass is 10.8. The quantitative estimate of drug-likeness (QED) is 0.556. The van der Waals surface area contributed by atoms with Crippen LogP contribution in [-0.4, -0.2) is 49.3 Å². The Balaban J connectivity index is 3.32. The third-order valence-corrected chi connectivity index (χ3v) is 3.25. The minimum Gasteiger partial charge on any atom is -0.452 e. The van der Waals surface area contributed by atoms with Crippen LogP contribution in [0, 0.1) is 0 Å². The summed E-state index contributed by atoms with van der Waals surface area (Å²) in [5, 5.41) is 0. The van der Waals surface area contributed by atoms with E-state index in [2.05, 4.69) is 9.73 Å². The normalized spacial score (nSPS) is 19.9. The second kappa shape index (κ2) is 3.38. The summed E-state index contributed by atoms with van der Waals surface area (Å²) in [5.41, 5.74) is 5.13. The topological polar surface area (TPSA) is 122 Å². The van der Waals surface area contributed by atoms with Gasteiger partial charge in [-0.3, -0.25) is 0 Å². The molecule has 0 aromatic heterocycles. The van der Waals surface area contributed by atoms with Crippen LogP contribution in [0.15, 0.2) is 4.99 Å². The molecule has 1 heterocycles. The maximum Gasteiger partial charge on any atom is 0.432 e. The Morgan fingerprint density at radius 3 is 2.53 bits per heavy atom. The molecule has 0 fully saturated rings. The van der Waals surface area contributed by atoms with Crippen molar-refractivity contribution >= 4 is 28.3 Å². The summed E-state index contributed by atoms with van der Waals surface area (Å²) >= 11 is 0. The first-order valence-corrected chi connectivity index (χ1v) is 4.97. The molecule has 0 aromatic carbocycles. The van der Waals surface area contributed by atoms with Crippen molar-refractivity contribution in [1.29, 1.82) is 0 Å². The number of guanidine groups is 1. The van der Waals surface area contributed by atoms with Gasteiger partial charge in [-0.25, -0.2) is 13.9 Å². The summed E-state index contributed by atoms with van der Waals surface area (Å²) in [5.74, 6) is -0.745. The summed E-state index contributed by atoms with van der Waals surface area (Å²) in [6.45, 7) is 0. The lowest BCUT2D eigenvalue weighted by molar-refractivity contribution is 0.159. The van der Waals surface area contributed by atoms with Crippen LogP contribution in [0.25, 0.3) is 0 Å². The molecule has 2 N–H and O–H groups in total. The molecule has 10 heteroatoms. The van der Waals surface area contributed by atoms with Crippen molar-refractivity contribution in [3.63, 3.8) is 0 Å². The van der Waals surface area contributed by atoms with Crippen molar-refractivity contribution in [2.75, 3.05) is 14.2 Å². The number of amides is 3. The summed E-state index contributed by atoms with van der Waals surface area (Å²) in [7, 11) is -2.40. The molecule has 1 rings (SSSR count). The number of nitrogens with two attached hydrogens (primary N) is 1. The fourth-order valence-electron chi connectivity index (χ4n) is 0.824. The zero-order chi connectivity index (χ0) is 11.8. The molecular weight excluding hydrogens is 228 g/mol. The predicted molar refractivity (Wildman–Crippen MR) is 47.9 cm³/mol. The highest BCUT2D eigenvalue weighted by Gasteiger charge is 2.42. The molecule has 84 valence electrons. The minimum atomic E-state index is -4.33. The number of urea groups is 1. The van der Waals surface area contributed by atoms with E-state index < -0.39 is 28.3 Å². The van der Waals surface area contributed by atoms with Gasteiger partial charge in [-0.2, -0.15) is 13.4 Å². The SMILES string of the molecule is COC(=O)N1C(N)=NC(=O)N(C)S1(=O)=O. The van der Waals surface area contributed by atoms with Crippen LogP contribution in [0.2, 0.25) is 0 Å². The Labute approximate surface area is 85.3 Å². The number of carbonyl (C=O) groups excluding carboxylic acids is 2.